The maximum atomic E-state index is 5.56. The Kier molecular flexibility index (Phi) is 4.89. The number of hydrogen-bond acceptors (Lipinski definition) is 3. The van der Waals surface area contributed by atoms with Crippen molar-refractivity contribution >= 4 is 33.1 Å². The van der Waals surface area contributed by atoms with Crippen LogP contribution in [0.25, 0.3) is 0 Å². The van der Waals surface area contributed by atoms with E-state index in [0.29, 0.717) is 11.5 Å². The molecule has 16 heavy (non-hydrogen) atoms. The Bertz CT molecular complexity index is 388. The van der Waals surface area contributed by atoms with Gasteiger partial charge in [-0.1, -0.05) is 19.1 Å². The zero-order chi connectivity index (χ0) is 12.3. The number of thiocarbonyl (C=S) groups is 1. The van der Waals surface area contributed by atoms with Crippen LogP contribution < -0.4 is 5.73 Å². The number of aromatic nitrogens is 2. The van der Waals surface area contributed by atoms with Crippen molar-refractivity contribution in [1.29, 1.82) is 0 Å². The van der Waals surface area contributed by atoms with Crippen LogP contribution in [0.15, 0.2) is 4.47 Å². The number of likely N-dealkylation sites (N-methyl/N-ethyl adjacent to an activating group) is 1. The number of nitrogens with two attached hydrogens (primary N) is 1. The summed E-state index contributed by atoms with van der Waals surface area (Å²) in [5, 5.41) is 4.36. The molecule has 0 aliphatic heterocycles. The summed E-state index contributed by atoms with van der Waals surface area (Å²) in [7, 11) is 1.95. The molecule has 0 aliphatic carbocycles. The maximum Gasteiger partial charge on any atom is 0.0870 e. The van der Waals surface area contributed by atoms with Gasteiger partial charge in [-0.2, -0.15) is 5.10 Å². The summed E-state index contributed by atoms with van der Waals surface area (Å²) in [5.41, 5.74) is 7.71. The minimum absolute atomic E-state index is 0.525. The molecule has 2 N–H and O–H groups in total. The molecule has 1 aromatic heterocycles. The summed E-state index contributed by atoms with van der Waals surface area (Å²) in [4.78, 5) is 2.71. The standard InChI is InChI=1S/C10H17BrN4S/c1-4-15(6-9(12)16)5-8-10(11)7(2)13-14(8)3/h4-6H2,1-3H3,(H2,12,16). The molecule has 0 aromatic carbocycles. The van der Waals surface area contributed by atoms with E-state index in [1.165, 1.54) is 0 Å². The summed E-state index contributed by atoms with van der Waals surface area (Å²) in [5.74, 6) is 0. The summed E-state index contributed by atoms with van der Waals surface area (Å²) < 4.78 is 2.96. The highest BCUT2D eigenvalue weighted by Crippen LogP contribution is 2.21. The summed E-state index contributed by atoms with van der Waals surface area (Å²) in [6, 6.07) is 0. The topological polar surface area (TPSA) is 47.1 Å². The Hall–Kier alpha value is -0.460. The molecule has 90 valence electrons. The Morgan fingerprint density at radius 2 is 2.25 bits per heavy atom. The van der Waals surface area contributed by atoms with Gasteiger partial charge in [0.1, 0.15) is 0 Å². The lowest BCUT2D eigenvalue weighted by molar-refractivity contribution is 0.311. The lowest BCUT2D eigenvalue weighted by Crippen LogP contribution is -2.32. The minimum atomic E-state index is 0.525. The second-order valence-corrected chi connectivity index (χ2v) is 5.06. The van der Waals surface area contributed by atoms with E-state index in [-0.39, 0.29) is 0 Å². The third-order valence-corrected chi connectivity index (χ3v) is 3.62. The van der Waals surface area contributed by atoms with Crippen LogP contribution in [0.5, 0.6) is 0 Å². The molecule has 4 nitrogen and oxygen atoms in total. The smallest absolute Gasteiger partial charge is 0.0870 e. The molecule has 0 fully saturated rings. The third kappa shape index (κ3) is 3.26. The fraction of sp³-hybridized carbons (Fsp3) is 0.600. The van der Waals surface area contributed by atoms with Gasteiger partial charge in [0.2, 0.25) is 0 Å². The molecule has 0 amide bonds. The molecule has 1 aromatic rings. The van der Waals surface area contributed by atoms with Gasteiger partial charge in [0.05, 0.1) is 20.8 Å². The van der Waals surface area contributed by atoms with Crippen LogP contribution in [0.4, 0.5) is 0 Å². The summed E-state index contributed by atoms with van der Waals surface area (Å²) in [6.45, 7) is 6.43. The molecular formula is C10H17BrN4S. The quantitative estimate of drug-likeness (QED) is 0.840. The Morgan fingerprint density at radius 3 is 2.62 bits per heavy atom. The van der Waals surface area contributed by atoms with Gasteiger partial charge in [-0.15, -0.1) is 0 Å². The van der Waals surface area contributed by atoms with Gasteiger partial charge >= 0.3 is 0 Å². The summed E-state index contributed by atoms with van der Waals surface area (Å²) in [6.07, 6.45) is 0. The molecule has 1 heterocycles. The molecule has 6 heteroatoms. The van der Waals surface area contributed by atoms with Crippen LogP contribution in [0.1, 0.15) is 18.3 Å². The summed E-state index contributed by atoms with van der Waals surface area (Å²) >= 11 is 8.48. The van der Waals surface area contributed by atoms with Crippen molar-refractivity contribution in [2.45, 2.75) is 20.4 Å². The number of hydrogen-bond donors (Lipinski definition) is 1. The van der Waals surface area contributed by atoms with Crippen molar-refractivity contribution in [2.75, 3.05) is 13.1 Å². The maximum absolute atomic E-state index is 5.56. The average molecular weight is 305 g/mol. The zero-order valence-electron chi connectivity index (χ0n) is 9.83. The first kappa shape index (κ1) is 13.6. The van der Waals surface area contributed by atoms with Crippen molar-refractivity contribution in [3.63, 3.8) is 0 Å². The lowest BCUT2D eigenvalue weighted by atomic mass is 10.3. The Labute approximate surface area is 110 Å². The van der Waals surface area contributed by atoms with Crippen LogP contribution in [-0.4, -0.2) is 32.8 Å². The van der Waals surface area contributed by atoms with E-state index in [9.17, 15) is 0 Å². The first-order valence-electron chi connectivity index (χ1n) is 5.14. The first-order chi connectivity index (χ1) is 7.45. The minimum Gasteiger partial charge on any atom is -0.392 e. The van der Waals surface area contributed by atoms with Crippen molar-refractivity contribution in [3.05, 3.63) is 15.9 Å². The van der Waals surface area contributed by atoms with E-state index in [4.69, 9.17) is 18.0 Å². The molecular weight excluding hydrogens is 288 g/mol. The Balaban J connectivity index is 2.81. The van der Waals surface area contributed by atoms with E-state index >= 15 is 0 Å². The zero-order valence-corrected chi connectivity index (χ0v) is 12.2. The van der Waals surface area contributed by atoms with E-state index in [1.54, 1.807) is 0 Å². The third-order valence-electron chi connectivity index (χ3n) is 2.46. The van der Waals surface area contributed by atoms with Gasteiger partial charge in [-0.25, -0.2) is 0 Å². The van der Waals surface area contributed by atoms with Gasteiger partial charge in [0, 0.05) is 20.1 Å². The molecule has 0 saturated heterocycles. The first-order valence-corrected chi connectivity index (χ1v) is 6.34. The van der Waals surface area contributed by atoms with Crippen molar-refractivity contribution in [3.8, 4) is 0 Å². The Morgan fingerprint density at radius 1 is 1.62 bits per heavy atom. The normalized spacial score (nSPS) is 11.1. The molecule has 0 atom stereocenters. The van der Waals surface area contributed by atoms with Gasteiger partial charge in [-0.05, 0) is 29.4 Å². The predicted octanol–water partition coefficient (Wildman–Crippen LogP) is 1.60. The fourth-order valence-corrected chi connectivity index (χ4v) is 2.21. The average Bonchev–Trinajstić information content (AvgIpc) is 2.43. The van der Waals surface area contributed by atoms with Gasteiger partial charge in [0.15, 0.2) is 0 Å². The number of rotatable bonds is 5. The molecule has 0 saturated carbocycles. The largest absolute Gasteiger partial charge is 0.392 e. The van der Waals surface area contributed by atoms with Crippen LogP contribution in [0.3, 0.4) is 0 Å². The number of nitrogens with zero attached hydrogens (tertiary/aromatic N) is 3. The van der Waals surface area contributed by atoms with E-state index in [1.807, 2.05) is 18.7 Å². The fourth-order valence-electron chi connectivity index (χ4n) is 1.56. The molecule has 0 radical (unpaired) electrons. The van der Waals surface area contributed by atoms with Crippen molar-refractivity contribution in [2.24, 2.45) is 12.8 Å². The highest BCUT2D eigenvalue weighted by molar-refractivity contribution is 9.10. The van der Waals surface area contributed by atoms with Gasteiger partial charge < -0.3 is 5.73 Å². The lowest BCUT2D eigenvalue weighted by Gasteiger charge is -2.19. The predicted molar refractivity (Wildman–Crippen MR) is 73.4 cm³/mol. The van der Waals surface area contributed by atoms with Crippen LogP contribution in [-0.2, 0) is 13.6 Å². The van der Waals surface area contributed by atoms with Crippen LogP contribution >= 0.6 is 28.1 Å². The number of aryl methyl sites for hydroxylation is 2. The van der Waals surface area contributed by atoms with Crippen LogP contribution in [0.2, 0.25) is 0 Å². The van der Waals surface area contributed by atoms with Crippen LogP contribution in [0, 0.1) is 6.92 Å². The van der Waals surface area contributed by atoms with E-state index in [2.05, 4.69) is 32.9 Å². The molecule has 0 unspecified atom stereocenters. The highest BCUT2D eigenvalue weighted by Gasteiger charge is 2.14. The van der Waals surface area contributed by atoms with Crippen molar-refractivity contribution < 1.29 is 0 Å². The van der Waals surface area contributed by atoms with Gasteiger partial charge in [-0.3, -0.25) is 9.58 Å². The molecule has 0 aliphatic rings. The molecule has 0 bridgehead atoms. The molecule has 1 rings (SSSR count). The van der Waals surface area contributed by atoms with Gasteiger partial charge in [0.25, 0.3) is 0 Å². The SMILES string of the molecule is CCN(CC(N)=S)Cc1c(Br)c(C)nn1C. The second-order valence-electron chi connectivity index (χ2n) is 3.74. The van der Waals surface area contributed by atoms with E-state index < -0.39 is 0 Å². The monoisotopic (exact) mass is 304 g/mol. The highest BCUT2D eigenvalue weighted by atomic mass is 79.9. The molecule has 0 spiro atoms. The number of halogens is 1. The van der Waals surface area contributed by atoms with E-state index in [0.717, 1.165) is 29.0 Å². The second kappa shape index (κ2) is 5.75. The van der Waals surface area contributed by atoms with Crippen molar-refractivity contribution in [1.82, 2.24) is 14.7 Å².